The Hall–Kier alpha value is -0.952. The summed E-state index contributed by atoms with van der Waals surface area (Å²) >= 11 is 2.52. The normalized spacial score (nSPS) is 15.5. The average Bonchev–Trinajstić information content (AvgIpc) is 2.46. The third-order valence-electron chi connectivity index (χ3n) is 3.23. The Morgan fingerprint density at radius 1 is 1.41 bits per heavy atom. The van der Waals surface area contributed by atoms with E-state index in [1.54, 1.807) is 7.11 Å². The van der Waals surface area contributed by atoms with Gasteiger partial charge in [-0.1, -0.05) is 0 Å². The number of hydrogen-bond donors (Lipinski definition) is 0. The molecule has 0 unspecified atom stereocenters. The molecule has 1 heterocycles. The molecule has 1 aliphatic heterocycles. The molecule has 0 fully saturated rings. The zero-order chi connectivity index (χ0) is 12.4. The van der Waals surface area contributed by atoms with Gasteiger partial charge in [-0.25, -0.2) is 0 Å². The van der Waals surface area contributed by atoms with Crippen LogP contribution in [0.1, 0.15) is 18.1 Å². The van der Waals surface area contributed by atoms with Crippen LogP contribution in [0.2, 0.25) is 0 Å². The van der Waals surface area contributed by atoms with Gasteiger partial charge in [0.15, 0.2) is 0 Å². The SMILES string of the molecule is CCN1CCc2cc([As])c(OC)cc2CC1=O. The van der Waals surface area contributed by atoms with Gasteiger partial charge in [-0.15, -0.1) is 0 Å². The summed E-state index contributed by atoms with van der Waals surface area (Å²) in [7, 11) is 1.66. The molecule has 90 valence electrons. The van der Waals surface area contributed by atoms with E-state index in [-0.39, 0.29) is 5.91 Å². The van der Waals surface area contributed by atoms with Crippen LogP contribution < -0.4 is 9.09 Å². The van der Waals surface area contributed by atoms with Crippen LogP contribution in [-0.2, 0) is 17.6 Å². The van der Waals surface area contributed by atoms with Crippen LogP contribution in [0.25, 0.3) is 0 Å². The molecule has 0 atom stereocenters. The molecule has 0 saturated carbocycles. The van der Waals surface area contributed by atoms with Gasteiger partial charge in [0.2, 0.25) is 0 Å². The molecule has 0 aliphatic carbocycles. The van der Waals surface area contributed by atoms with Crippen LogP contribution in [0.3, 0.4) is 0 Å². The van der Waals surface area contributed by atoms with Gasteiger partial charge in [0.1, 0.15) is 0 Å². The van der Waals surface area contributed by atoms with Crippen molar-refractivity contribution in [1.29, 1.82) is 0 Å². The van der Waals surface area contributed by atoms with Gasteiger partial charge in [0.25, 0.3) is 0 Å². The molecule has 0 spiro atoms. The van der Waals surface area contributed by atoms with Crippen molar-refractivity contribution in [2.75, 3.05) is 20.2 Å². The maximum absolute atomic E-state index is 12.0. The van der Waals surface area contributed by atoms with Crippen LogP contribution >= 0.6 is 0 Å². The number of carbonyl (C=O) groups excluding carboxylic acids is 1. The van der Waals surface area contributed by atoms with Gasteiger partial charge in [-0.05, 0) is 0 Å². The monoisotopic (exact) mass is 293 g/mol. The van der Waals surface area contributed by atoms with Crippen LogP contribution in [0.15, 0.2) is 12.1 Å². The van der Waals surface area contributed by atoms with Crippen LogP contribution in [0.5, 0.6) is 5.75 Å². The Bertz CT molecular complexity index is 445. The number of nitrogens with zero attached hydrogens (tertiary/aromatic N) is 1. The van der Waals surface area contributed by atoms with Gasteiger partial charge in [-0.2, -0.15) is 0 Å². The molecule has 1 aliphatic rings. The Labute approximate surface area is 111 Å². The zero-order valence-electron chi connectivity index (χ0n) is 10.2. The molecule has 1 aromatic rings. The second kappa shape index (κ2) is 5.14. The zero-order valence-corrected chi connectivity index (χ0v) is 12.1. The fourth-order valence-electron chi connectivity index (χ4n) is 2.20. The van der Waals surface area contributed by atoms with Crippen molar-refractivity contribution < 1.29 is 9.53 Å². The predicted octanol–water partition coefficient (Wildman–Crippen LogP) is 0.436. The summed E-state index contributed by atoms with van der Waals surface area (Å²) in [5.41, 5.74) is 2.38. The third-order valence-corrected chi connectivity index (χ3v) is 3.96. The molecule has 3 nitrogen and oxygen atoms in total. The van der Waals surface area contributed by atoms with E-state index in [1.807, 2.05) is 17.9 Å². The van der Waals surface area contributed by atoms with Crippen molar-refractivity contribution >= 4 is 27.1 Å². The van der Waals surface area contributed by atoms with Crippen molar-refractivity contribution in [2.45, 2.75) is 19.8 Å². The molecular formula is C13H16AsNO2. The van der Waals surface area contributed by atoms with Crippen molar-refractivity contribution in [3.05, 3.63) is 23.3 Å². The molecule has 17 heavy (non-hydrogen) atoms. The Kier molecular flexibility index (Phi) is 3.78. The minimum atomic E-state index is 0.214. The first-order valence-corrected chi connectivity index (χ1v) is 6.76. The number of rotatable bonds is 2. The van der Waals surface area contributed by atoms with E-state index in [4.69, 9.17) is 4.74 Å². The Morgan fingerprint density at radius 2 is 2.18 bits per heavy atom. The van der Waals surface area contributed by atoms with E-state index in [9.17, 15) is 4.79 Å². The number of fused-ring (bicyclic) bond motifs is 1. The molecule has 2 rings (SSSR count). The summed E-state index contributed by atoms with van der Waals surface area (Å²) in [6, 6.07) is 4.13. The standard InChI is InChI=1S/C13H16AsNO2/c1-3-15-5-4-9-6-11(14)12(17-2)7-10(9)8-13(15)16/h6-7H,3-5,8H2,1-2H3. The van der Waals surface area contributed by atoms with E-state index in [0.717, 1.165) is 35.2 Å². The van der Waals surface area contributed by atoms with E-state index in [1.165, 1.54) is 5.56 Å². The molecule has 0 aromatic heterocycles. The first-order valence-electron chi connectivity index (χ1n) is 5.82. The van der Waals surface area contributed by atoms with Crippen molar-refractivity contribution in [1.82, 2.24) is 4.90 Å². The van der Waals surface area contributed by atoms with Crippen molar-refractivity contribution in [2.24, 2.45) is 0 Å². The van der Waals surface area contributed by atoms with Gasteiger partial charge in [0.05, 0.1) is 0 Å². The Morgan fingerprint density at radius 3 is 2.82 bits per heavy atom. The quantitative estimate of drug-likeness (QED) is 0.740. The molecule has 0 N–H and O–H groups in total. The van der Waals surface area contributed by atoms with Crippen LogP contribution in [-0.4, -0.2) is 47.9 Å². The van der Waals surface area contributed by atoms with Crippen LogP contribution in [0, 0.1) is 0 Å². The molecule has 2 radical (unpaired) electrons. The van der Waals surface area contributed by atoms with Crippen molar-refractivity contribution in [3.63, 3.8) is 0 Å². The topological polar surface area (TPSA) is 29.5 Å². The van der Waals surface area contributed by atoms with Gasteiger partial charge >= 0.3 is 111 Å². The van der Waals surface area contributed by atoms with E-state index >= 15 is 0 Å². The average molecular weight is 293 g/mol. The van der Waals surface area contributed by atoms with Crippen LogP contribution in [0.4, 0.5) is 0 Å². The predicted molar refractivity (Wildman–Crippen MR) is 68.0 cm³/mol. The fourth-order valence-corrected chi connectivity index (χ4v) is 2.86. The molecule has 4 heteroatoms. The first kappa shape index (κ1) is 12.5. The molecule has 0 saturated heterocycles. The van der Waals surface area contributed by atoms with Gasteiger partial charge < -0.3 is 0 Å². The molecule has 0 bridgehead atoms. The summed E-state index contributed by atoms with van der Waals surface area (Å²) < 4.78 is 6.38. The summed E-state index contributed by atoms with van der Waals surface area (Å²) in [4.78, 5) is 13.9. The number of likely N-dealkylation sites (N-methyl/N-ethyl adjacent to an activating group) is 1. The first-order chi connectivity index (χ1) is 8.15. The van der Waals surface area contributed by atoms with E-state index in [0.29, 0.717) is 6.42 Å². The molecular weight excluding hydrogens is 277 g/mol. The van der Waals surface area contributed by atoms with Gasteiger partial charge in [0, 0.05) is 0 Å². The van der Waals surface area contributed by atoms with E-state index in [2.05, 4.69) is 22.9 Å². The second-order valence-corrected chi connectivity index (χ2v) is 5.20. The van der Waals surface area contributed by atoms with Crippen molar-refractivity contribution in [3.8, 4) is 5.75 Å². The number of benzene rings is 1. The van der Waals surface area contributed by atoms with E-state index < -0.39 is 0 Å². The summed E-state index contributed by atoms with van der Waals surface area (Å²) in [6.45, 7) is 3.64. The summed E-state index contributed by atoms with van der Waals surface area (Å²) in [6.07, 6.45) is 1.43. The third kappa shape index (κ3) is 2.49. The fraction of sp³-hybridized carbons (Fsp3) is 0.462. The molecule has 1 aromatic carbocycles. The molecule has 1 amide bonds. The number of amides is 1. The summed E-state index contributed by atoms with van der Waals surface area (Å²) in [5, 5.41) is 0. The minimum absolute atomic E-state index is 0.214. The number of ether oxygens (including phenoxy) is 1. The Balaban J connectivity index is 2.37. The summed E-state index contributed by atoms with van der Waals surface area (Å²) in [5.74, 6) is 1.06. The second-order valence-electron chi connectivity index (χ2n) is 4.19. The van der Waals surface area contributed by atoms with Gasteiger partial charge in [-0.3, -0.25) is 0 Å². The number of hydrogen-bond acceptors (Lipinski definition) is 2. The maximum atomic E-state index is 12.0. The number of carbonyl (C=O) groups is 1. The number of methoxy groups -OCH3 is 1.